The number of H-pyrrole nitrogens is 1. The van der Waals surface area contributed by atoms with E-state index in [1.807, 2.05) is 12.1 Å². The highest BCUT2D eigenvalue weighted by Gasteiger charge is 1.99. The van der Waals surface area contributed by atoms with Crippen LogP contribution in [-0.2, 0) is 6.42 Å². The highest BCUT2D eigenvalue weighted by molar-refractivity contribution is 5.81. The summed E-state index contributed by atoms with van der Waals surface area (Å²) in [5, 5.41) is 1.82. The number of nitrogens with one attached hydrogen (secondary N) is 1. The summed E-state index contributed by atoms with van der Waals surface area (Å²) >= 11 is 0. The minimum atomic E-state index is -0.00221. The number of aryl methyl sites for hydroxylation is 1. The molecule has 0 saturated carbocycles. The first kappa shape index (κ1) is 10.9. The maximum Gasteiger partial charge on any atom is 0.255 e. The molecule has 84 valence electrons. The quantitative estimate of drug-likeness (QED) is 0.780. The summed E-state index contributed by atoms with van der Waals surface area (Å²) in [6, 6.07) is 8.07. The zero-order valence-electron chi connectivity index (χ0n) is 9.62. The third-order valence-electron chi connectivity index (χ3n) is 2.91. The minimum absolute atomic E-state index is 0.00221. The van der Waals surface area contributed by atoms with Crippen molar-refractivity contribution in [1.82, 2.24) is 4.98 Å². The van der Waals surface area contributed by atoms with Crippen LogP contribution in [0.3, 0.4) is 0 Å². The Hall–Kier alpha value is -1.57. The molecular weight excluding hydrogens is 198 g/mol. The smallest absolute Gasteiger partial charge is 0.255 e. The van der Waals surface area contributed by atoms with Gasteiger partial charge in [-0.2, -0.15) is 0 Å². The van der Waals surface area contributed by atoms with Gasteiger partial charge in [0.15, 0.2) is 0 Å². The Morgan fingerprint density at radius 1 is 1.19 bits per heavy atom. The minimum Gasteiger partial charge on any atom is -0.329 e. The monoisotopic (exact) mass is 215 g/mol. The van der Waals surface area contributed by atoms with Crippen LogP contribution in [-0.4, -0.2) is 4.98 Å². The molecule has 0 unspecified atom stereocenters. The van der Waals surface area contributed by atoms with Crippen molar-refractivity contribution in [3.8, 4) is 0 Å². The lowest BCUT2D eigenvalue weighted by molar-refractivity contribution is 0.718. The van der Waals surface area contributed by atoms with Gasteiger partial charge in [0.25, 0.3) is 5.56 Å². The van der Waals surface area contributed by atoms with Gasteiger partial charge in [-0.3, -0.25) is 4.79 Å². The van der Waals surface area contributed by atoms with E-state index in [2.05, 4.69) is 24.0 Å². The fourth-order valence-corrected chi connectivity index (χ4v) is 1.98. The Labute approximate surface area is 95.3 Å². The molecule has 0 radical (unpaired) electrons. The van der Waals surface area contributed by atoms with Gasteiger partial charge >= 0.3 is 0 Å². The lowest BCUT2D eigenvalue weighted by atomic mass is 10.0. The average Bonchev–Trinajstić information content (AvgIpc) is 2.30. The normalized spacial score (nSPS) is 10.8. The van der Waals surface area contributed by atoms with Gasteiger partial charge in [-0.25, -0.2) is 0 Å². The molecule has 1 heterocycles. The molecule has 1 N–H and O–H groups in total. The highest BCUT2D eigenvalue weighted by Crippen LogP contribution is 2.14. The fraction of sp³-hybridized carbons (Fsp3) is 0.357. The molecule has 16 heavy (non-hydrogen) atoms. The number of unbranched alkanes of at least 4 members (excludes halogenated alkanes) is 2. The third-order valence-corrected chi connectivity index (χ3v) is 2.91. The van der Waals surface area contributed by atoms with Crippen molar-refractivity contribution in [2.75, 3.05) is 0 Å². The van der Waals surface area contributed by atoms with Crippen LogP contribution >= 0.6 is 0 Å². The molecule has 2 rings (SSSR count). The highest BCUT2D eigenvalue weighted by atomic mass is 16.1. The molecule has 0 saturated heterocycles. The van der Waals surface area contributed by atoms with Crippen LogP contribution in [0.2, 0.25) is 0 Å². The molecular formula is C14H17NO. The van der Waals surface area contributed by atoms with Crippen molar-refractivity contribution >= 4 is 10.8 Å². The number of aromatic amines is 1. The lowest BCUT2D eigenvalue weighted by Crippen LogP contribution is -2.04. The second-order valence-electron chi connectivity index (χ2n) is 4.19. The molecule has 2 aromatic rings. The number of hydrogen-bond donors (Lipinski definition) is 1. The van der Waals surface area contributed by atoms with Crippen molar-refractivity contribution in [2.24, 2.45) is 0 Å². The molecule has 0 aliphatic rings. The number of hydrogen-bond acceptors (Lipinski definition) is 1. The summed E-state index contributed by atoms with van der Waals surface area (Å²) in [5.41, 5.74) is 1.32. The Morgan fingerprint density at radius 3 is 2.88 bits per heavy atom. The summed E-state index contributed by atoms with van der Waals surface area (Å²) in [7, 11) is 0. The van der Waals surface area contributed by atoms with E-state index in [-0.39, 0.29) is 5.56 Å². The number of aromatic nitrogens is 1. The van der Waals surface area contributed by atoms with Gasteiger partial charge in [-0.05, 0) is 35.9 Å². The van der Waals surface area contributed by atoms with Crippen LogP contribution in [0.25, 0.3) is 10.8 Å². The van der Waals surface area contributed by atoms with Crippen LogP contribution in [0, 0.1) is 0 Å². The number of pyridine rings is 1. The first-order chi connectivity index (χ1) is 7.81. The molecule has 0 aliphatic heterocycles. The molecule has 0 fully saturated rings. The Kier molecular flexibility index (Phi) is 3.40. The van der Waals surface area contributed by atoms with Gasteiger partial charge in [0, 0.05) is 11.6 Å². The van der Waals surface area contributed by atoms with E-state index in [1.54, 1.807) is 6.20 Å². The van der Waals surface area contributed by atoms with E-state index in [0.29, 0.717) is 0 Å². The van der Waals surface area contributed by atoms with E-state index < -0.39 is 0 Å². The van der Waals surface area contributed by atoms with Crippen LogP contribution in [0.4, 0.5) is 0 Å². The predicted octanol–water partition coefficient (Wildman–Crippen LogP) is 3.26. The number of benzene rings is 1. The molecule has 0 amide bonds. The summed E-state index contributed by atoms with van der Waals surface area (Å²) in [6.45, 7) is 2.21. The van der Waals surface area contributed by atoms with Crippen LogP contribution in [0.15, 0.2) is 35.3 Å². The molecule has 2 nitrogen and oxygen atoms in total. The Morgan fingerprint density at radius 2 is 2.06 bits per heavy atom. The molecule has 0 spiro atoms. The van der Waals surface area contributed by atoms with Gasteiger partial charge in [-0.15, -0.1) is 0 Å². The van der Waals surface area contributed by atoms with Crippen LogP contribution in [0.1, 0.15) is 31.7 Å². The van der Waals surface area contributed by atoms with Gasteiger partial charge in [0.1, 0.15) is 0 Å². The zero-order chi connectivity index (χ0) is 11.4. The molecule has 1 aromatic carbocycles. The third kappa shape index (κ3) is 2.32. The number of fused-ring (bicyclic) bond motifs is 1. The molecule has 0 atom stereocenters. The average molecular weight is 215 g/mol. The fourth-order valence-electron chi connectivity index (χ4n) is 1.98. The Balaban J connectivity index is 2.27. The van der Waals surface area contributed by atoms with Crippen molar-refractivity contribution in [1.29, 1.82) is 0 Å². The SMILES string of the molecule is CCCCCc1ccc2c(=O)[nH]ccc2c1. The second-order valence-corrected chi connectivity index (χ2v) is 4.19. The van der Waals surface area contributed by atoms with E-state index >= 15 is 0 Å². The summed E-state index contributed by atoms with van der Waals surface area (Å²) in [6.07, 6.45) is 6.56. The molecule has 0 aliphatic carbocycles. The second kappa shape index (κ2) is 4.97. The standard InChI is InChI=1S/C14H17NO/c1-2-3-4-5-11-6-7-13-12(10-11)8-9-15-14(13)16/h6-10H,2-5H2,1H3,(H,15,16). The van der Waals surface area contributed by atoms with Crippen molar-refractivity contribution in [3.05, 3.63) is 46.4 Å². The number of rotatable bonds is 4. The largest absolute Gasteiger partial charge is 0.329 e. The topological polar surface area (TPSA) is 32.9 Å². The maximum atomic E-state index is 11.5. The predicted molar refractivity (Wildman–Crippen MR) is 67.8 cm³/mol. The lowest BCUT2D eigenvalue weighted by Gasteiger charge is -2.02. The first-order valence-corrected chi connectivity index (χ1v) is 5.91. The van der Waals surface area contributed by atoms with Gasteiger partial charge < -0.3 is 4.98 Å². The van der Waals surface area contributed by atoms with Gasteiger partial charge in [-0.1, -0.05) is 31.9 Å². The van der Waals surface area contributed by atoms with Crippen LogP contribution in [0.5, 0.6) is 0 Å². The first-order valence-electron chi connectivity index (χ1n) is 5.91. The van der Waals surface area contributed by atoms with Gasteiger partial charge in [0.05, 0.1) is 0 Å². The van der Waals surface area contributed by atoms with Crippen molar-refractivity contribution in [2.45, 2.75) is 32.6 Å². The van der Waals surface area contributed by atoms with E-state index in [4.69, 9.17) is 0 Å². The zero-order valence-corrected chi connectivity index (χ0v) is 9.62. The summed E-state index contributed by atoms with van der Waals surface area (Å²) in [5.74, 6) is 0. The van der Waals surface area contributed by atoms with E-state index in [9.17, 15) is 4.79 Å². The summed E-state index contributed by atoms with van der Waals surface area (Å²) in [4.78, 5) is 14.2. The van der Waals surface area contributed by atoms with E-state index in [1.165, 1.54) is 24.8 Å². The molecule has 0 bridgehead atoms. The molecule has 1 aromatic heterocycles. The van der Waals surface area contributed by atoms with Crippen molar-refractivity contribution in [3.63, 3.8) is 0 Å². The van der Waals surface area contributed by atoms with E-state index in [0.717, 1.165) is 17.2 Å². The Bertz CT molecular complexity index is 527. The summed E-state index contributed by atoms with van der Waals surface area (Å²) < 4.78 is 0. The van der Waals surface area contributed by atoms with Gasteiger partial charge in [0.2, 0.25) is 0 Å². The molecule has 2 heteroatoms. The van der Waals surface area contributed by atoms with Crippen LogP contribution < -0.4 is 5.56 Å². The van der Waals surface area contributed by atoms with Crippen molar-refractivity contribution < 1.29 is 0 Å². The maximum absolute atomic E-state index is 11.5.